The van der Waals surface area contributed by atoms with E-state index in [-0.39, 0.29) is 6.10 Å². The number of likely N-dealkylation sites (tertiary alicyclic amines) is 1. The standard InChI is InChI=1S/C13H25NO2/c1-11(15)9-12-5-2-3-7-14(12)10-13-6-4-8-16-13/h11-13,15H,2-10H2,1H3. The van der Waals surface area contributed by atoms with Crippen molar-refractivity contribution in [3.8, 4) is 0 Å². The number of rotatable bonds is 4. The molecule has 3 atom stereocenters. The van der Waals surface area contributed by atoms with Crippen LogP contribution in [0.5, 0.6) is 0 Å². The third-order valence-electron chi connectivity index (χ3n) is 3.82. The Balaban J connectivity index is 1.83. The molecule has 0 aliphatic carbocycles. The summed E-state index contributed by atoms with van der Waals surface area (Å²) in [5.41, 5.74) is 0. The van der Waals surface area contributed by atoms with Crippen LogP contribution in [0.25, 0.3) is 0 Å². The van der Waals surface area contributed by atoms with Crippen LogP contribution in [-0.2, 0) is 4.74 Å². The monoisotopic (exact) mass is 227 g/mol. The van der Waals surface area contributed by atoms with E-state index in [0.717, 1.165) is 19.6 Å². The minimum absolute atomic E-state index is 0.171. The Hall–Kier alpha value is -0.120. The smallest absolute Gasteiger partial charge is 0.0702 e. The van der Waals surface area contributed by atoms with Crippen molar-refractivity contribution in [2.75, 3.05) is 19.7 Å². The van der Waals surface area contributed by atoms with Gasteiger partial charge in [-0.05, 0) is 45.6 Å². The third kappa shape index (κ3) is 3.44. The van der Waals surface area contributed by atoms with E-state index in [9.17, 15) is 5.11 Å². The lowest BCUT2D eigenvalue weighted by molar-refractivity contribution is 0.0289. The molecule has 2 aliphatic rings. The van der Waals surface area contributed by atoms with Gasteiger partial charge in [0.2, 0.25) is 0 Å². The van der Waals surface area contributed by atoms with Crippen molar-refractivity contribution in [1.82, 2.24) is 4.90 Å². The zero-order chi connectivity index (χ0) is 11.4. The van der Waals surface area contributed by atoms with Gasteiger partial charge in [-0.25, -0.2) is 0 Å². The van der Waals surface area contributed by atoms with Gasteiger partial charge < -0.3 is 9.84 Å². The highest BCUT2D eigenvalue weighted by molar-refractivity contribution is 4.81. The summed E-state index contributed by atoms with van der Waals surface area (Å²) in [5.74, 6) is 0. The SMILES string of the molecule is CC(O)CC1CCCCN1CC1CCCO1. The summed E-state index contributed by atoms with van der Waals surface area (Å²) in [6.07, 6.45) is 7.52. The summed E-state index contributed by atoms with van der Waals surface area (Å²) in [4.78, 5) is 2.55. The van der Waals surface area contributed by atoms with Gasteiger partial charge in [0.15, 0.2) is 0 Å². The second-order valence-electron chi connectivity index (χ2n) is 5.36. The molecule has 0 aromatic carbocycles. The molecule has 0 bridgehead atoms. The molecule has 2 rings (SSSR count). The molecule has 0 saturated carbocycles. The van der Waals surface area contributed by atoms with E-state index in [1.54, 1.807) is 0 Å². The predicted molar refractivity (Wildman–Crippen MR) is 64.5 cm³/mol. The largest absolute Gasteiger partial charge is 0.393 e. The van der Waals surface area contributed by atoms with E-state index in [4.69, 9.17) is 4.74 Å². The number of hydrogen-bond donors (Lipinski definition) is 1. The normalized spacial score (nSPS) is 34.1. The van der Waals surface area contributed by atoms with Gasteiger partial charge >= 0.3 is 0 Å². The van der Waals surface area contributed by atoms with Gasteiger partial charge in [0.25, 0.3) is 0 Å². The molecule has 3 nitrogen and oxygen atoms in total. The number of aliphatic hydroxyl groups excluding tert-OH is 1. The van der Waals surface area contributed by atoms with Crippen LogP contribution in [0.4, 0.5) is 0 Å². The van der Waals surface area contributed by atoms with Gasteiger partial charge in [-0.1, -0.05) is 6.42 Å². The maximum Gasteiger partial charge on any atom is 0.0702 e. The van der Waals surface area contributed by atoms with Crippen molar-refractivity contribution in [2.45, 2.75) is 63.7 Å². The lowest BCUT2D eigenvalue weighted by Gasteiger charge is -2.37. The Morgan fingerprint density at radius 1 is 1.31 bits per heavy atom. The quantitative estimate of drug-likeness (QED) is 0.795. The number of aliphatic hydroxyl groups is 1. The van der Waals surface area contributed by atoms with Crippen LogP contribution >= 0.6 is 0 Å². The molecule has 16 heavy (non-hydrogen) atoms. The van der Waals surface area contributed by atoms with Crippen LogP contribution in [0, 0.1) is 0 Å². The highest BCUT2D eigenvalue weighted by Gasteiger charge is 2.27. The highest BCUT2D eigenvalue weighted by atomic mass is 16.5. The minimum atomic E-state index is -0.171. The minimum Gasteiger partial charge on any atom is -0.393 e. The van der Waals surface area contributed by atoms with Crippen LogP contribution in [0.15, 0.2) is 0 Å². The Morgan fingerprint density at radius 3 is 2.88 bits per heavy atom. The predicted octanol–water partition coefficient (Wildman–Crippen LogP) is 1.79. The van der Waals surface area contributed by atoms with Crippen LogP contribution in [0.2, 0.25) is 0 Å². The van der Waals surface area contributed by atoms with Gasteiger partial charge in [0.1, 0.15) is 0 Å². The number of ether oxygens (including phenoxy) is 1. The molecule has 2 heterocycles. The molecule has 3 heteroatoms. The summed E-state index contributed by atoms with van der Waals surface area (Å²) >= 11 is 0. The number of nitrogens with zero attached hydrogens (tertiary/aromatic N) is 1. The summed E-state index contributed by atoms with van der Waals surface area (Å²) in [6.45, 7) is 5.12. The van der Waals surface area contributed by atoms with Gasteiger partial charge in [0.05, 0.1) is 12.2 Å². The lowest BCUT2D eigenvalue weighted by Crippen LogP contribution is -2.44. The summed E-state index contributed by atoms with van der Waals surface area (Å²) in [7, 11) is 0. The van der Waals surface area contributed by atoms with Crippen molar-refractivity contribution in [3.05, 3.63) is 0 Å². The Kier molecular flexibility index (Phi) is 4.62. The maximum atomic E-state index is 9.53. The van der Waals surface area contributed by atoms with Crippen LogP contribution < -0.4 is 0 Å². The van der Waals surface area contributed by atoms with Gasteiger partial charge in [-0.3, -0.25) is 4.90 Å². The molecule has 3 unspecified atom stereocenters. The Bertz CT molecular complexity index is 202. The zero-order valence-corrected chi connectivity index (χ0v) is 10.4. The first-order chi connectivity index (χ1) is 7.75. The second kappa shape index (κ2) is 5.99. The molecule has 0 amide bonds. The summed E-state index contributed by atoms with van der Waals surface area (Å²) in [6, 6.07) is 0.581. The third-order valence-corrected chi connectivity index (χ3v) is 3.82. The van der Waals surface area contributed by atoms with Crippen LogP contribution in [0.3, 0.4) is 0 Å². The molecule has 2 saturated heterocycles. The topological polar surface area (TPSA) is 32.7 Å². The average molecular weight is 227 g/mol. The maximum absolute atomic E-state index is 9.53. The summed E-state index contributed by atoms with van der Waals surface area (Å²) < 4.78 is 5.70. The fourth-order valence-electron chi connectivity index (χ4n) is 3.01. The van der Waals surface area contributed by atoms with E-state index in [0.29, 0.717) is 12.1 Å². The van der Waals surface area contributed by atoms with E-state index in [1.807, 2.05) is 6.92 Å². The van der Waals surface area contributed by atoms with E-state index >= 15 is 0 Å². The van der Waals surface area contributed by atoms with Crippen molar-refractivity contribution < 1.29 is 9.84 Å². The van der Waals surface area contributed by atoms with Crippen molar-refractivity contribution in [2.24, 2.45) is 0 Å². The first-order valence-corrected chi connectivity index (χ1v) is 6.79. The molecule has 0 aromatic rings. The van der Waals surface area contributed by atoms with Crippen LogP contribution in [0.1, 0.15) is 45.4 Å². The highest BCUT2D eigenvalue weighted by Crippen LogP contribution is 2.23. The molecule has 94 valence electrons. The van der Waals surface area contributed by atoms with Crippen LogP contribution in [-0.4, -0.2) is 48.0 Å². The molecular formula is C13H25NO2. The molecule has 0 aromatic heterocycles. The van der Waals surface area contributed by atoms with Crippen molar-refractivity contribution in [1.29, 1.82) is 0 Å². The van der Waals surface area contributed by atoms with Gasteiger partial charge in [-0.15, -0.1) is 0 Å². The molecule has 2 aliphatic heterocycles. The number of piperidine rings is 1. The van der Waals surface area contributed by atoms with Crippen molar-refractivity contribution >= 4 is 0 Å². The first-order valence-electron chi connectivity index (χ1n) is 6.79. The van der Waals surface area contributed by atoms with E-state index in [1.165, 1.54) is 38.6 Å². The first kappa shape index (κ1) is 12.3. The molecule has 0 spiro atoms. The summed E-state index contributed by atoms with van der Waals surface area (Å²) in [5, 5.41) is 9.53. The fourth-order valence-corrected chi connectivity index (χ4v) is 3.01. The lowest BCUT2D eigenvalue weighted by atomic mass is 9.96. The molecular weight excluding hydrogens is 202 g/mol. The molecule has 0 radical (unpaired) electrons. The second-order valence-corrected chi connectivity index (χ2v) is 5.36. The van der Waals surface area contributed by atoms with Crippen molar-refractivity contribution in [3.63, 3.8) is 0 Å². The number of hydrogen-bond acceptors (Lipinski definition) is 3. The molecule has 2 fully saturated rings. The van der Waals surface area contributed by atoms with E-state index in [2.05, 4.69) is 4.90 Å². The molecule has 1 N–H and O–H groups in total. The zero-order valence-electron chi connectivity index (χ0n) is 10.4. The van der Waals surface area contributed by atoms with E-state index < -0.39 is 0 Å². The van der Waals surface area contributed by atoms with Gasteiger partial charge in [-0.2, -0.15) is 0 Å². The average Bonchev–Trinajstić information content (AvgIpc) is 2.73. The Labute approximate surface area is 98.8 Å². The van der Waals surface area contributed by atoms with Gasteiger partial charge in [0, 0.05) is 19.2 Å². The fraction of sp³-hybridized carbons (Fsp3) is 1.00. The Morgan fingerprint density at radius 2 is 2.19 bits per heavy atom.